The number of hydrogen-bond acceptors (Lipinski definition) is 3. The first kappa shape index (κ1) is 15.5. The number of hydrogen-bond donors (Lipinski definition) is 1. The SMILES string of the molecule is Cc1sc(C(CN)N(C)C2CCCCC2C)cc1Br. The molecule has 1 aromatic heterocycles. The number of nitrogens with zero attached hydrogens (tertiary/aromatic N) is 1. The summed E-state index contributed by atoms with van der Waals surface area (Å²) >= 11 is 5.49. The van der Waals surface area contributed by atoms with Crippen molar-refractivity contribution in [2.24, 2.45) is 11.7 Å². The summed E-state index contributed by atoms with van der Waals surface area (Å²) in [6, 6.07) is 3.30. The predicted octanol–water partition coefficient (Wildman–Crippen LogP) is 4.33. The van der Waals surface area contributed by atoms with Crippen LogP contribution in [-0.4, -0.2) is 24.5 Å². The first-order valence-corrected chi connectivity index (χ1v) is 8.83. The third-order valence-electron chi connectivity index (χ3n) is 4.51. The molecule has 1 saturated carbocycles. The van der Waals surface area contributed by atoms with Crippen molar-refractivity contribution in [3.63, 3.8) is 0 Å². The zero-order valence-electron chi connectivity index (χ0n) is 12.2. The van der Waals surface area contributed by atoms with Gasteiger partial charge in [0, 0.05) is 26.8 Å². The van der Waals surface area contributed by atoms with Crippen molar-refractivity contribution in [1.82, 2.24) is 4.90 Å². The fraction of sp³-hybridized carbons (Fsp3) is 0.733. The molecule has 1 heterocycles. The summed E-state index contributed by atoms with van der Waals surface area (Å²) < 4.78 is 1.22. The molecule has 3 unspecified atom stereocenters. The van der Waals surface area contributed by atoms with Gasteiger partial charge in [0.2, 0.25) is 0 Å². The molecule has 1 aliphatic carbocycles. The molecule has 0 saturated heterocycles. The van der Waals surface area contributed by atoms with Crippen molar-refractivity contribution >= 4 is 27.3 Å². The Hall–Kier alpha value is 0.100. The second-order valence-corrected chi connectivity index (χ2v) is 7.94. The Balaban J connectivity index is 2.16. The average molecular weight is 345 g/mol. The van der Waals surface area contributed by atoms with Gasteiger partial charge >= 0.3 is 0 Å². The third-order valence-corrected chi connectivity index (χ3v) is 6.75. The lowest BCUT2D eigenvalue weighted by atomic mass is 9.84. The number of nitrogens with two attached hydrogens (primary N) is 1. The fourth-order valence-corrected chi connectivity index (χ4v) is 4.99. The van der Waals surface area contributed by atoms with Crippen LogP contribution in [0.3, 0.4) is 0 Å². The zero-order chi connectivity index (χ0) is 14.0. The van der Waals surface area contributed by atoms with Crippen LogP contribution in [-0.2, 0) is 0 Å². The molecule has 3 atom stereocenters. The van der Waals surface area contributed by atoms with Gasteiger partial charge in [0.25, 0.3) is 0 Å². The van der Waals surface area contributed by atoms with E-state index in [0.717, 1.165) is 5.92 Å². The van der Waals surface area contributed by atoms with E-state index in [1.165, 1.54) is 39.9 Å². The molecule has 4 heteroatoms. The topological polar surface area (TPSA) is 29.3 Å². The van der Waals surface area contributed by atoms with Crippen LogP contribution in [0.2, 0.25) is 0 Å². The van der Waals surface area contributed by atoms with Crippen molar-refractivity contribution in [1.29, 1.82) is 0 Å². The summed E-state index contributed by atoms with van der Waals surface area (Å²) in [7, 11) is 2.26. The monoisotopic (exact) mass is 344 g/mol. The molecular weight excluding hydrogens is 320 g/mol. The van der Waals surface area contributed by atoms with Crippen molar-refractivity contribution < 1.29 is 0 Å². The molecule has 0 radical (unpaired) electrons. The first-order valence-electron chi connectivity index (χ1n) is 7.22. The molecule has 2 rings (SSSR count). The molecule has 108 valence electrons. The maximum absolute atomic E-state index is 6.07. The maximum atomic E-state index is 6.07. The van der Waals surface area contributed by atoms with Crippen LogP contribution in [0.15, 0.2) is 10.5 Å². The second kappa shape index (κ2) is 6.70. The summed E-state index contributed by atoms with van der Waals surface area (Å²) in [5.41, 5.74) is 6.07. The van der Waals surface area contributed by atoms with Gasteiger partial charge in [-0.2, -0.15) is 0 Å². The van der Waals surface area contributed by atoms with Gasteiger partial charge in [0.15, 0.2) is 0 Å². The predicted molar refractivity (Wildman–Crippen MR) is 87.7 cm³/mol. The maximum Gasteiger partial charge on any atom is 0.0564 e. The average Bonchev–Trinajstić information content (AvgIpc) is 2.70. The van der Waals surface area contributed by atoms with Crippen molar-refractivity contribution in [2.75, 3.05) is 13.6 Å². The van der Waals surface area contributed by atoms with Crippen LogP contribution in [0.25, 0.3) is 0 Å². The van der Waals surface area contributed by atoms with Gasteiger partial charge in [0.1, 0.15) is 0 Å². The summed E-state index contributed by atoms with van der Waals surface area (Å²) in [6.07, 6.45) is 5.44. The molecule has 1 aromatic rings. The molecule has 0 aromatic carbocycles. The van der Waals surface area contributed by atoms with Gasteiger partial charge in [-0.1, -0.05) is 19.8 Å². The Kier molecular flexibility index (Phi) is 5.46. The largest absolute Gasteiger partial charge is 0.329 e. The molecule has 0 spiro atoms. The molecule has 1 aliphatic rings. The summed E-state index contributed by atoms with van der Waals surface area (Å²) in [4.78, 5) is 5.27. The lowest BCUT2D eigenvalue weighted by molar-refractivity contribution is 0.101. The van der Waals surface area contributed by atoms with Crippen molar-refractivity contribution in [3.05, 3.63) is 20.3 Å². The third kappa shape index (κ3) is 3.41. The molecule has 0 amide bonds. The number of rotatable bonds is 4. The first-order chi connectivity index (χ1) is 9.04. The van der Waals surface area contributed by atoms with E-state index in [-0.39, 0.29) is 0 Å². The molecular formula is C15H25BrN2S. The van der Waals surface area contributed by atoms with Crippen LogP contribution in [0, 0.1) is 12.8 Å². The number of halogens is 1. The van der Waals surface area contributed by atoms with E-state index in [0.29, 0.717) is 18.6 Å². The van der Waals surface area contributed by atoms with Crippen LogP contribution in [0.5, 0.6) is 0 Å². The standard InChI is InChI=1S/C15H25BrN2S/c1-10-6-4-5-7-13(10)18(3)14(9-17)15-8-12(16)11(2)19-15/h8,10,13-14H,4-7,9,17H2,1-3H3. The van der Waals surface area contributed by atoms with E-state index in [2.05, 4.69) is 47.8 Å². The van der Waals surface area contributed by atoms with Crippen LogP contribution < -0.4 is 5.73 Å². The highest BCUT2D eigenvalue weighted by molar-refractivity contribution is 9.10. The van der Waals surface area contributed by atoms with Crippen LogP contribution in [0.1, 0.15) is 48.4 Å². The summed E-state index contributed by atoms with van der Waals surface area (Å²) in [5.74, 6) is 0.789. The lowest BCUT2D eigenvalue weighted by Crippen LogP contribution is -2.43. The van der Waals surface area contributed by atoms with E-state index in [9.17, 15) is 0 Å². The van der Waals surface area contributed by atoms with E-state index in [4.69, 9.17) is 5.73 Å². The summed E-state index contributed by atoms with van der Waals surface area (Å²) in [6.45, 7) is 5.25. The van der Waals surface area contributed by atoms with Gasteiger partial charge in [-0.15, -0.1) is 11.3 Å². The minimum atomic E-state index is 0.362. The van der Waals surface area contributed by atoms with Gasteiger partial charge in [-0.25, -0.2) is 0 Å². The zero-order valence-corrected chi connectivity index (χ0v) is 14.6. The number of aryl methyl sites for hydroxylation is 1. The van der Waals surface area contributed by atoms with Gasteiger partial charge in [0.05, 0.1) is 6.04 Å². The molecule has 2 N–H and O–H groups in total. The molecule has 0 aliphatic heterocycles. The van der Waals surface area contributed by atoms with Crippen molar-refractivity contribution in [3.8, 4) is 0 Å². The highest BCUT2D eigenvalue weighted by Gasteiger charge is 2.30. The highest BCUT2D eigenvalue weighted by Crippen LogP contribution is 2.36. The van der Waals surface area contributed by atoms with E-state index in [1.807, 2.05) is 11.3 Å². The number of thiophene rings is 1. The number of likely N-dealkylation sites (N-methyl/N-ethyl adjacent to an activating group) is 1. The van der Waals surface area contributed by atoms with Crippen LogP contribution >= 0.6 is 27.3 Å². The fourth-order valence-electron chi connectivity index (χ4n) is 3.26. The Morgan fingerprint density at radius 3 is 2.68 bits per heavy atom. The molecule has 0 bridgehead atoms. The van der Waals surface area contributed by atoms with Gasteiger partial charge in [-0.3, -0.25) is 4.90 Å². The lowest BCUT2D eigenvalue weighted by Gasteiger charge is -2.40. The molecule has 19 heavy (non-hydrogen) atoms. The summed E-state index contributed by atoms with van der Waals surface area (Å²) in [5, 5.41) is 0. The van der Waals surface area contributed by atoms with Gasteiger partial charge in [-0.05, 0) is 54.7 Å². The van der Waals surface area contributed by atoms with E-state index in [1.54, 1.807) is 0 Å². The Morgan fingerprint density at radius 1 is 1.47 bits per heavy atom. The minimum Gasteiger partial charge on any atom is -0.329 e. The highest BCUT2D eigenvalue weighted by atomic mass is 79.9. The Labute approximate surface area is 129 Å². The molecule has 2 nitrogen and oxygen atoms in total. The van der Waals surface area contributed by atoms with E-state index < -0.39 is 0 Å². The smallest absolute Gasteiger partial charge is 0.0564 e. The molecule has 1 fully saturated rings. The minimum absolute atomic E-state index is 0.362. The quantitative estimate of drug-likeness (QED) is 0.880. The Morgan fingerprint density at radius 2 is 2.16 bits per heavy atom. The van der Waals surface area contributed by atoms with Gasteiger partial charge < -0.3 is 5.73 Å². The normalized spacial score (nSPS) is 25.8. The Bertz CT molecular complexity index is 399. The second-order valence-electron chi connectivity index (χ2n) is 5.80. The van der Waals surface area contributed by atoms with Crippen LogP contribution in [0.4, 0.5) is 0 Å². The van der Waals surface area contributed by atoms with Crippen molar-refractivity contribution in [2.45, 2.75) is 51.6 Å². The van der Waals surface area contributed by atoms with E-state index >= 15 is 0 Å².